The summed E-state index contributed by atoms with van der Waals surface area (Å²) in [5.74, 6) is 0. The van der Waals surface area contributed by atoms with E-state index in [0.29, 0.717) is 0 Å². The summed E-state index contributed by atoms with van der Waals surface area (Å²) >= 11 is 6.77. The molecule has 0 bridgehead atoms. The van der Waals surface area contributed by atoms with Gasteiger partial charge < -0.3 is 4.98 Å². The SMILES string of the molecule is CCN(CC)[Si](Cl)(NC)c1ccccc1. The summed E-state index contributed by atoms with van der Waals surface area (Å²) in [5.41, 5.74) is 0. The summed E-state index contributed by atoms with van der Waals surface area (Å²) in [6, 6.07) is 10.3. The van der Waals surface area contributed by atoms with Crippen LogP contribution in [0.25, 0.3) is 0 Å². The van der Waals surface area contributed by atoms with Crippen molar-refractivity contribution in [1.29, 1.82) is 0 Å². The van der Waals surface area contributed by atoms with Gasteiger partial charge in [0.15, 0.2) is 0 Å². The van der Waals surface area contributed by atoms with Crippen LogP contribution in [0.15, 0.2) is 30.3 Å². The van der Waals surface area contributed by atoms with Gasteiger partial charge in [0.1, 0.15) is 0 Å². The predicted molar refractivity (Wildman–Crippen MR) is 69.7 cm³/mol. The minimum atomic E-state index is -2.17. The molecular formula is C11H19ClN2Si. The van der Waals surface area contributed by atoms with Gasteiger partial charge in [-0.15, -0.1) is 11.1 Å². The molecule has 1 rings (SSSR count). The first kappa shape index (κ1) is 12.7. The van der Waals surface area contributed by atoms with Gasteiger partial charge in [0.2, 0.25) is 0 Å². The molecular weight excluding hydrogens is 224 g/mol. The first-order chi connectivity index (χ1) is 7.19. The van der Waals surface area contributed by atoms with Crippen molar-refractivity contribution in [3.05, 3.63) is 30.3 Å². The van der Waals surface area contributed by atoms with Gasteiger partial charge in [0, 0.05) is 0 Å². The number of hydrogen-bond acceptors (Lipinski definition) is 2. The molecule has 0 radical (unpaired) electrons. The van der Waals surface area contributed by atoms with Crippen LogP contribution >= 0.6 is 11.1 Å². The van der Waals surface area contributed by atoms with Crippen molar-refractivity contribution >= 4 is 24.0 Å². The molecule has 0 aliphatic rings. The lowest BCUT2D eigenvalue weighted by atomic mass is 10.4. The number of halogens is 1. The molecule has 0 heterocycles. The highest BCUT2D eigenvalue weighted by Crippen LogP contribution is 2.11. The fourth-order valence-corrected chi connectivity index (χ4v) is 5.37. The Morgan fingerprint density at radius 2 is 1.73 bits per heavy atom. The molecule has 84 valence electrons. The molecule has 0 saturated heterocycles. The third-order valence-electron chi connectivity index (χ3n) is 2.69. The zero-order valence-electron chi connectivity index (χ0n) is 9.63. The van der Waals surface area contributed by atoms with Crippen LogP contribution in [0.2, 0.25) is 0 Å². The summed E-state index contributed by atoms with van der Waals surface area (Å²) in [6.07, 6.45) is 0. The number of nitrogens with zero attached hydrogens (tertiary/aromatic N) is 1. The minimum absolute atomic E-state index is 0.974. The summed E-state index contributed by atoms with van der Waals surface area (Å²) in [6.45, 7) is 6.24. The molecule has 1 unspecified atom stereocenters. The van der Waals surface area contributed by atoms with Crippen LogP contribution in [-0.2, 0) is 0 Å². The zero-order valence-corrected chi connectivity index (χ0v) is 11.4. The Kier molecular flexibility index (Phi) is 4.79. The average molecular weight is 243 g/mol. The Labute approximate surface area is 98.1 Å². The molecule has 2 nitrogen and oxygen atoms in total. The highest BCUT2D eigenvalue weighted by molar-refractivity contribution is 7.24. The summed E-state index contributed by atoms with van der Waals surface area (Å²) < 4.78 is 2.32. The van der Waals surface area contributed by atoms with E-state index in [9.17, 15) is 0 Å². The van der Waals surface area contributed by atoms with Crippen LogP contribution in [-0.4, -0.2) is 32.4 Å². The lowest BCUT2D eigenvalue weighted by Crippen LogP contribution is -2.66. The lowest BCUT2D eigenvalue weighted by molar-refractivity contribution is 0.472. The van der Waals surface area contributed by atoms with E-state index in [1.165, 1.54) is 5.19 Å². The quantitative estimate of drug-likeness (QED) is 0.624. The van der Waals surface area contributed by atoms with Crippen LogP contribution in [0.1, 0.15) is 13.8 Å². The van der Waals surface area contributed by atoms with Crippen LogP contribution in [0.5, 0.6) is 0 Å². The van der Waals surface area contributed by atoms with Gasteiger partial charge in [0.05, 0.1) is 0 Å². The van der Waals surface area contributed by atoms with Crippen molar-refractivity contribution in [1.82, 2.24) is 9.55 Å². The van der Waals surface area contributed by atoms with E-state index >= 15 is 0 Å². The maximum Gasteiger partial charge on any atom is 0.337 e. The molecule has 4 heteroatoms. The standard InChI is InChI=1S/C11H19ClN2Si/c1-4-14(5-2)15(12,13-3)11-9-7-6-8-10-11/h6-10,13H,4-5H2,1-3H3. The monoisotopic (exact) mass is 242 g/mol. The Hall–Kier alpha value is -0.353. The molecule has 0 aliphatic carbocycles. The van der Waals surface area contributed by atoms with Crippen LogP contribution in [0, 0.1) is 0 Å². The van der Waals surface area contributed by atoms with Gasteiger partial charge in [-0.05, 0) is 25.3 Å². The Balaban J connectivity index is 3.04. The van der Waals surface area contributed by atoms with Gasteiger partial charge >= 0.3 is 7.71 Å². The van der Waals surface area contributed by atoms with E-state index in [0.717, 1.165) is 13.1 Å². The topological polar surface area (TPSA) is 15.3 Å². The van der Waals surface area contributed by atoms with E-state index in [1.807, 2.05) is 25.2 Å². The molecule has 15 heavy (non-hydrogen) atoms. The second kappa shape index (κ2) is 5.65. The van der Waals surface area contributed by atoms with Crippen LogP contribution in [0.3, 0.4) is 0 Å². The average Bonchev–Trinajstić information content (AvgIpc) is 2.31. The van der Waals surface area contributed by atoms with E-state index in [4.69, 9.17) is 11.1 Å². The summed E-state index contributed by atoms with van der Waals surface area (Å²) in [7, 11) is -0.224. The van der Waals surface area contributed by atoms with E-state index in [2.05, 4.69) is 35.5 Å². The number of rotatable bonds is 5. The van der Waals surface area contributed by atoms with E-state index in [-0.39, 0.29) is 0 Å². The van der Waals surface area contributed by atoms with Crippen LogP contribution in [0.4, 0.5) is 0 Å². The summed E-state index contributed by atoms with van der Waals surface area (Å²) in [4.78, 5) is 3.33. The molecule has 1 atom stereocenters. The Morgan fingerprint density at radius 1 is 1.20 bits per heavy atom. The van der Waals surface area contributed by atoms with Gasteiger partial charge in [-0.25, -0.2) is 0 Å². The Morgan fingerprint density at radius 3 is 2.13 bits per heavy atom. The molecule has 0 amide bonds. The van der Waals surface area contributed by atoms with Gasteiger partial charge in [-0.2, -0.15) is 0 Å². The zero-order chi connectivity index (χ0) is 11.3. The predicted octanol–water partition coefficient (Wildman–Crippen LogP) is 1.63. The lowest BCUT2D eigenvalue weighted by Gasteiger charge is -2.35. The maximum absolute atomic E-state index is 6.77. The number of nitrogens with one attached hydrogen (secondary N) is 1. The number of hydrogen-bond donors (Lipinski definition) is 1. The highest BCUT2D eigenvalue weighted by atomic mass is 35.6. The third-order valence-corrected chi connectivity index (χ3v) is 7.89. The largest absolute Gasteiger partial charge is 0.337 e. The van der Waals surface area contributed by atoms with E-state index < -0.39 is 7.71 Å². The van der Waals surface area contributed by atoms with Crippen molar-refractivity contribution in [2.24, 2.45) is 0 Å². The van der Waals surface area contributed by atoms with Gasteiger partial charge in [-0.3, -0.25) is 4.57 Å². The molecule has 1 aromatic carbocycles. The molecule has 1 N–H and O–H groups in total. The molecule has 1 aromatic rings. The van der Waals surface area contributed by atoms with Crippen molar-refractivity contribution in [3.8, 4) is 0 Å². The summed E-state index contributed by atoms with van der Waals surface area (Å²) in [5, 5.41) is 1.22. The van der Waals surface area contributed by atoms with Crippen molar-refractivity contribution in [2.75, 3.05) is 20.1 Å². The van der Waals surface area contributed by atoms with Gasteiger partial charge in [0.25, 0.3) is 0 Å². The normalized spacial score (nSPS) is 15.3. The third kappa shape index (κ3) is 2.61. The fraction of sp³-hybridized carbons (Fsp3) is 0.455. The van der Waals surface area contributed by atoms with Crippen molar-refractivity contribution in [3.63, 3.8) is 0 Å². The number of benzene rings is 1. The van der Waals surface area contributed by atoms with E-state index in [1.54, 1.807) is 0 Å². The molecule has 0 saturated carbocycles. The highest BCUT2D eigenvalue weighted by Gasteiger charge is 2.37. The van der Waals surface area contributed by atoms with Crippen molar-refractivity contribution in [2.45, 2.75) is 13.8 Å². The Bertz CT molecular complexity index is 290. The van der Waals surface area contributed by atoms with Crippen LogP contribution < -0.4 is 10.2 Å². The first-order valence-corrected chi connectivity index (χ1v) is 8.33. The maximum atomic E-state index is 6.77. The second-order valence-corrected chi connectivity index (χ2v) is 8.01. The molecule has 0 aliphatic heterocycles. The van der Waals surface area contributed by atoms with Gasteiger partial charge in [-0.1, -0.05) is 44.2 Å². The second-order valence-electron chi connectivity index (χ2n) is 3.41. The fourth-order valence-electron chi connectivity index (χ4n) is 1.80. The minimum Gasteiger partial charge on any atom is -0.313 e. The molecule has 0 aromatic heterocycles. The molecule has 0 spiro atoms. The first-order valence-electron chi connectivity index (χ1n) is 5.37. The molecule has 0 fully saturated rings. The smallest absolute Gasteiger partial charge is 0.313 e. The van der Waals surface area contributed by atoms with Crippen molar-refractivity contribution < 1.29 is 0 Å².